The lowest BCUT2D eigenvalue weighted by Gasteiger charge is -2.33. The van der Waals surface area contributed by atoms with Gasteiger partial charge in [0.2, 0.25) is 0 Å². The maximum atomic E-state index is 13.4. The van der Waals surface area contributed by atoms with Gasteiger partial charge in [0.1, 0.15) is 24.7 Å². The number of alkyl halides is 6. The van der Waals surface area contributed by atoms with Gasteiger partial charge in [-0.2, -0.15) is 26.3 Å². The van der Waals surface area contributed by atoms with Crippen molar-refractivity contribution in [1.82, 2.24) is 0 Å². The summed E-state index contributed by atoms with van der Waals surface area (Å²) in [5, 5.41) is 0. The number of hydrogen-bond donors (Lipinski definition) is 2. The van der Waals surface area contributed by atoms with E-state index in [1.54, 1.807) is 85.0 Å². The Balaban J connectivity index is 1.05. The van der Waals surface area contributed by atoms with E-state index >= 15 is 0 Å². The van der Waals surface area contributed by atoms with Gasteiger partial charge < -0.3 is 39.9 Å². The van der Waals surface area contributed by atoms with Crippen molar-refractivity contribution in [2.45, 2.75) is 89.4 Å². The van der Waals surface area contributed by atoms with Crippen molar-refractivity contribution >= 4 is 41.3 Å². The lowest BCUT2D eigenvalue weighted by Crippen LogP contribution is -2.38. The van der Waals surface area contributed by atoms with Gasteiger partial charge in [-0.25, -0.2) is 19.2 Å². The monoisotopic (exact) mass is 1040 g/mol. The molecule has 0 saturated carbocycles. The van der Waals surface area contributed by atoms with E-state index in [1.807, 2.05) is 24.3 Å². The average Bonchev–Trinajstić information content (AvgIpc) is 3.38. The van der Waals surface area contributed by atoms with Gasteiger partial charge in [-0.3, -0.25) is 0 Å². The summed E-state index contributed by atoms with van der Waals surface area (Å²) in [6.45, 7) is -0.482. The van der Waals surface area contributed by atoms with Crippen molar-refractivity contribution in [1.29, 1.82) is 0 Å². The van der Waals surface area contributed by atoms with Crippen LogP contribution in [0.5, 0.6) is 5.75 Å². The molecule has 0 aromatic heterocycles. The van der Waals surface area contributed by atoms with Crippen LogP contribution in [0, 0.1) is 5.41 Å². The number of ether oxygens (including phenoxy) is 6. The van der Waals surface area contributed by atoms with Gasteiger partial charge in [-0.05, 0) is 140 Å². The van der Waals surface area contributed by atoms with E-state index in [0.29, 0.717) is 96.7 Å². The number of carbonyl (C=O) groups excluding carboxylic acids is 4. The second-order valence-electron chi connectivity index (χ2n) is 18.2. The number of carbonyl (C=O) groups is 4. The molecule has 0 bridgehead atoms. The van der Waals surface area contributed by atoms with Crippen molar-refractivity contribution < 1.29 is 73.9 Å². The molecule has 4 N–H and O–H groups in total. The molecular weight excluding hydrogens is 987 g/mol. The van der Waals surface area contributed by atoms with Gasteiger partial charge in [0.15, 0.2) is 0 Å². The third-order valence-electron chi connectivity index (χ3n) is 12.0. The van der Waals surface area contributed by atoms with Crippen molar-refractivity contribution in [2.24, 2.45) is 5.41 Å². The Morgan fingerprint density at radius 2 is 0.960 bits per heavy atom. The largest absolute Gasteiger partial charge is 0.498 e. The molecule has 3 aliphatic carbocycles. The van der Waals surface area contributed by atoms with Crippen LogP contribution in [0.4, 0.5) is 37.7 Å². The number of benzene rings is 3. The summed E-state index contributed by atoms with van der Waals surface area (Å²) < 4.78 is 108. The van der Waals surface area contributed by atoms with Crippen LogP contribution >= 0.6 is 0 Å². The molecule has 3 aromatic carbocycles. The zero-order valence-corrected chi connectivity index (χ0v) is 41.0. The Labute approximate surface area is 430 Å². The number of rotatable bonds is 24. The zero-order valence-electron chi connectivity index (χ0n) is 41.0. The highest BCUT2D eigenvalue weighted by atomic mass is 19.4. The molecule has 3 aliphatic rings. The molecular formula is C57H58F6N2O10. The first-order chi connectivity index (χ1) is 35.8. The van der Waals surface area contributed by atoms with Crippen LogP contribution in [-0.2, 0) is 55.7 Å². The summed E-state index contributed by atoms with van der Waals surface area (Å²) in [4.78, 5) is 52.4. The highest BCUT2D eigenvalue weighted by Gasteiger charge is 2.35. The number of allylic oxidation sites excluding steroid dienone is 11. The predicted octanol–water partition coefficient (Wildman–Crippen LogP) is 12.0. The minimum absolute atomic E-state index is 0.0722. The number of hydrogen-bond acceptors (Lipinski definition) is 12. The van der Waals surface area contributed by atoms with Gasteiger partial charge in [0, 0.05) is 72.2 Å². The molecule has 0 atom stereocenters. The molecule has 0 saturated heterocycles. The van der Waals surface area contributed by atoms with Crippen LogP contribution in [-0.4, -0.2) is 62.7 Å². The van der Waals surface area contributed by atoms with Crippen LogP contribution in [0.2, 0.25) is 0 Å². The van der Waals surface area contributed by atoms with Crippen molar-refractivity contribution in [3.8, 4) is 5.75 Å². The normalized spacial score (nSPS) is 15.2. The topological polar surface area (TPSA) is 176 Å². The van der Waals surface area contributed by atoms with Crippen molar-refractivity contribution in [3.05, 3.63) is 178 Å². The fraction of sp³-hybridized carbons (Fsp3) is 0.333. The number of anilines is 2. The van der Waals surface area contributed by atoms with E-state index in [-0.39, 0.29) is 45.0 Å². The van der Waals surface area contributed by atoms with Crippen molar-refractivity contribution in [3.63, 3.8) is 0 Å². The van der Waals surface area contributed by atoms with E-state index in [4.69, 9.17) is 39.9 Å². The van der Waals surface area contributed by atoms with Gasteiger partial charge in [0.05, 0.1) is 24.7 Å². The lowest BCUT2D eigenvalue weighted by molar-refractivity contribution is -0.148. The van der Waals surface area contributed by atoms with Gasteiger partial charge in [-0.1, -0.05) is 48.6 Å². The Morgan fingerprint density at radius 1 is 0.507 bits per heavy atom. The highest BCUT2D eigenvalue weighted by Crippen LogP contribution is 2.32. The molecule has 0 radical (unpaired) electrons. The molecule has 0 aliphatic heterocycles. The Bertz CT molecular complexity index is 2680. The maximum absolute atomic E-state index is 13.4. The first-order valence-corrected chi connectivity index (χ1v) is 24.3. The minimum atomic E-state index is -4.25. The maximum Gasteiger partial charge on any atom is 0.389 e. The second-order valence-corrected chi connectivity index (χ2v) is 18.2. The molecule has 0 amide bonds. The summed E-state index contributed by atoms with van der Waals surface area (Å²) in [7, 11) is 0. The quantitative estimate of drug-likeness (QED) is 0.0165. The highest BCUT2D eigenvalue weighted by molar-refractivity contribution is 5.91. The van der Waals surface area contributed by atoms with Crippen LogP contribution in [0.15, 0.2) is 161 Å². The summed E-state index contributed by atoms with van der Waals surface area (Å²) in [6, 6.07) is 20.8. The first-order valence-electron chi connectivity index (χ1n) is 24.3. The van der Waals surface area contributed by atoms with Crippen LogP contribution < -0.4 is 16.2 Å². The fourth-order valence-electron chi connectivity index (χ4n) is 7.96. The Morgan fingerprint density at radius 3 is 1.40 bits per heavy atom. The average molecular weight is 1050 g/mol. The van der Waals surface area contributed by atoms with E-state index in [2.05, 4.69) is 0 Å². The number of esters is 4. The van der Waals surface area contributed by atoms with Gasteiger partial charge >= 0.3 is 36.2 Å². The fourth-order valence-corrected chi connectivity index (χ4v) is 7.96. The molecule has 0 fully saturated rings. The van der Waals surface area contributed by atoms with Crippen molar-refractivity contribution in [2.75, 3.05) is 37.9 Å². The van der Waals surface area contributed by atoms with Crippen LogP contribution in [0.1, 0.15) is 80.9 Å². The minimum Gasteiger partial charge on any atom is -0.498 e. The molecule has 75 heavy (non-hydrogen) atoms. The third kappa shape index (κ3) is 20.2. The smallest absolute Gasteiger partial charge is 0.389 e. The number of nitrogen functional groups attached to an aromatic ring is 2. The SMILES string of the molecule is Nc1ccc(CC(COC(=O)C=CC2=CC=C(OC(=O)C3=CC=C(OCCCC(F)(F)F)CC3)CC2)(COC(=O)C=Cc2ccc(OC(=O)C3=CC=C(OCCCC(F)(F)F)CC3)cc2)Cc2ccc(N)cc2)cc1. The lowest BCUT2D eigenvalue weighted by atomic mass is 9.77. The first kappa shape index (κ1) is 56.5. The van der Waals surface area contributed by atoms with E-state index in [1.165, 1.54) is 24.3 Å². The number of halogens is 6. The van der Waals surface area contributed by atoms with E-state index < -0.39 is 54.5 Å². The van der Waals surface area contributed by atoms with E-state index in [9.17, 15) is 45.5 Å². The zero-order chi connectivity index (χ0) is 53.9. The molecule has 3 aromatic rings. The van der Waals surface area contributed by atoms with E-state index in [0.717, 1.165) is 16.7 Å². The Kier molecular flexibility index (Phi) is 20.3. The number of nitrogens with two attached hydrogens (primary N) is 2. The molecule has 0 spiro atoms. The Hall–Kier alpha value is -7.76. The summed E-state index contributed by atoms with van der Waals surface area (Å²) in [6.07, 6.45) is 7.32. The van der Waals surface area contributed by atoms with Gasteiger partial charge in [0.25, 0.3) is 0 Å². The molecule has 398 valence electrons. The van der Waals surface area contributed by atoms with Crippen LogP contribution in [0.3, 0.4) is 0 Å². The molecule has 0 unspecified atom stereocenters. The second kappa shape index (κ2) is 27.0. The summed E-state index contributed by atoms with van der Waals surface area (Å²) in [5.41, 5.74) is 15.9. The predicted molar refractivity (Wildman–Crippen MR) is 268 cm³/mol. The molecule has 6 rings (SSSR count). The summed E-state index contributed by atoms with van der Waals surface area (Å²) in [5.74, 6) is -0.775. The van der Waals surface area contributed by atoms with Crippen LogP contribution in [0.25, 0.3) is 6.08 Å². The third-order valence-corrected chi connectivity index (χ3v) is 12.0. The summed E-state index contributed by atoms with van der Waals surface area (Å²) >= 11 is 0. The van der Waals surface area contributed by atoms with Gasteiger partial charge in [-0.15, -0.1) is 0 Å². The standard InChI is InChI=1S/C57H58F6N2O10/c58-56(59,60)31-1-33-70-47-25-13-43(14-26-47)53(68)74-49-21-7-39(8-22-49)11-29-51(66)72-37-55(35-41-3-17-45(64)18-4-41,36-42-5-19-46(65)20-6-42)38-73-52(67)30-12-40-9-23-50(24-10-40)75-54(69)44-15-27-48(28-16-44)71-34-2-32-57(61,62)63/h3-9,11-13,15,17-23,25,27,29-30H,1-2,10,14,16,24,26,28,31-38,64-65H2. The molecule has 12 nitrogen and oxygen atoms in total. The molecule has 0 heterocycles. The molecule has 18 heteroatoms.